The van der Waals surface area contributed by atoms with E-state index in [4.69, 9.17) is 9.47 Å². The van der Waals surface area contributed by atoms with Gasteiger partial charge in [-0.2, -0.15) is 0 Å². The number of nitrogens with zero attached hydrogens (tertiary/aromatic N) is 1. The Hall–Kier alpha value is -2.04. The maximum absolute atomic E-state index is 12.1. The van der Waals surface area contributed by atoms with Crippen LogP contribution >= 0.6 is 0 Å². The molecule has 5 heteroatoms. The molecule has 1 amide bonds. The maximum atomic E-state index is 12.1. The van der Waals surface area contributed by atoms with Crippen molar-refractivity contribution in [3.8, 4) is 0 Å². The first-order valence-corrected chi connectivity index (χ1v) is 8.73. The molecule has 0 aliphatic carbocycles. The molecule has 0 saturated heterocycles. The van der Waals surface area contributed by atoms with Crippen molar-refractivity contribution in [2.24, 2.45) is 0 Å². The lowest BCUT2D eigenvalue weighted by molar-refractivity contribution is 0.0103. The largest absolute Gasteiger partial charge is 0.455 e. The summed E-state index contributed by atoms with van der Waals surface area (Å²) >= 11 is 0. The van der Waals surface area contributed by atoms with Crippen LogP contribution in [0.4, 0.5) is 4.79 Å². The van der Waals surface area contributed by atoms with Gasteiger partial charge in [0.05, 0.1) is 5.56 Å². The topological polar surface area (TPSA) is 55.8 Å². The van der Waals surface area contributed by atoms with Gasteiger partial charge in [-0.3, -0.25) is 0 Å². The highest BCUT2D eigenvalue weighted by Crippen LogP contribution is 2.10. The van der Waals surface area contributed by atoms with Crippen LogP contribution in [0.3, 0.4) is 0 Å². The zero-order chi connectivity index (χ0) is 17.9. The van der Waals surface area contributed by atoms with E-state index in [1.54, 1.807) is 24.0 Å². The van der Waals surface area contributed by atoms with E-state index in [2.05, 4.69) is 6.92 Å². The Kier molecular flexibility index (Phi) is 8.90. The molecule has 0 fully saturated rings. The predicted octanol–water partition coefficient (Wildman–Crippen LogP) is 4.05. The van der Waals surface area contributed by atoms with Gasteiger partial charge in [-0.15, -0.1) is 0 Å². The molecule has 0 radical (unpaired) electrons. The molecule has 1 rings (SSSR count). The minimum absolute atomic E-state index is 0.0512. The van der Waals surface area contributed by atoms with Crippen LogP contribution in [0.1, 0.15) is 56.5 Å². The van der Waals surface area contributed by atoms with Gasteiger partial charge in [0.15, 0.2) is 0 Å². The second-order valence-electron chi connectivity index (χ2n) is 5.77. The van der Waals surface area contributed by atoms with Gasteiger partial charge in [0.1, 0.15) is 12.7 Å². The number of hydrogen-bond acceptors (Lipinski definition) is 4. The van der Waals surface area contributed by atoms with Gasteiger partial charge in [0.2, 0.25) is 0 Å². The number of aryl methyl sites for hydroxylation is 1. The van der Waals surface area contributed by atoms with E-state index >= 15 is 0 Å². The number of carbonyl (C=O) groups excluding carboxylic acids is 2. The monoisotopic (exact) mass is 335 g/mol. The summed E-state index contributed by atoms with van der Waals surface area (Å²) in [4.78, 5) is 25.4. The van der Waals surface area contributed by atoms with Crippen molar-refractivity contribution in [2.75, 3.05) is 19.7 Å². The number of carbonyl (C=O) groups is 2. The minimum Gasteiger partial charge on any atom is -0.455 e. The van der Waals surface area contributed by atoms with Crippen LogP contribution in [0.25, 0.3) is 0 Å². The van der Waals surface area contributed by atoms with Crippen LogP contribution in [-0.2, 0) is 15.9 Å². The Labute approximate surface area is 144 Å². The number of hydrogen-bond donors (Lipinski definition) is 0. The lowest BCUT2D eigenvalue weighted by atomic mass is 10.1. The van der Waals surface area contributed by atoms with E-state index in [0.717, 1.165) is 19.3 Å². The molecule has 0 aliphatic rings. The Balaban J connectivity index is 2.44. The molecular formula is C19H29NO4. The summed E-state index contributed by atoms with van der Waals surface area (Å²) in [6.07, 6.45) is 2.43. The number of esters is 1. The van der Waals surface area contributed by atoms with Crippen molar-refractivity contribution >= 4 is 12.1 Å². The third-order valence-electron chi connectivity index (χ3n) is 3.78. The van der Waals surface area contributed by atoms with Gasteiger partial charge >= 0.3 is 12.1 Å². The van der Waals surface area contributed by atoms with Crippen molar-refractivity contribution in [1.82, 2.24) is 4.90 Å². The fourth-order valence-electron chi connectivity index (χ4n) is 2.23. The van der Waals surface area contributed by atoms with Crippen molar-refractivity contribution in [3.63, 3.8) is 0 Å². The normalized spacial score (nSPS) is 11.7. The van der Waals surface area contributed by atoms with Crippen molar-refractivity contribution in [2.45, 2.75) is 53.1 Å². The molecule has 0 aliphatic heterocycles. The highest BCUT2D eigenvalue weighted by molar-refractivity contribution is 5.89. The van der Waals surface area contributed by atoms with E-state index in [1.807, 2.05) is 26.0 Å². The molecule has 1 aromatic rings. The highest BCUT2D eigenvalue weighted by Gasteiger charge is 2.16. The number of rotatable bonds is 9. The summed E-state index contributed by atoms with van der Waals surface area (Å²) in [6, 6.07) is 7.47. The number of amides is 1. The fourth-order valence-corrected chi connectivity index (χ4v) is 2.23. The number of ether oxygens (including phenoxy) is 2. The van der Waals surface area contributed by atoms with Crippen LogP contribution in [0, 0.1) is 0 Å². The third-order valence-corrected chi connectivity index (χ3v) is 3.78. The molecule has 134 valence electrons. The van der Waals surface area contributed by atoms with E-state index in [1.165, 1.54) is 5.56 Å². The van der Waals surface area contributed by atoms with Crippen LogP contribution in [0.5, 0.6) is 0 Å². The molecule has 0 saturated carbocycles. The Morgan fingerprint density at radius 3 is 2.25 bits per heavy atom. The number of unbranched alkanes of at least 4 members (excludes halogenated alkanes) is 1. The Bertz CT molecular complexity index is 509. The molecule has 0 N–H and O–H groups in total. The summed E-state index contributed by atoms with van der Waals surface area (Å²) in [7, 11) is 0. The average Bonchev–Trinajstić information content (AvgIpc) is 2.59. The van der Waals surface area contributed by atoms with Crippen LogP contribution in [-0.4, -0.2) is 42.8 Å². The van der Waals surface area contributed by atoms with Gasteiger partial charge < -0.3 is 14.4 Å². The maximum Gasteiger partial charge on any atom is 0.409 e. The summed E-state index contributed by atoms with van der Waals surface area (Å²) in [6.45, 7) is 8.87. The van der Waals surface area contributed by atoms with Crippen molar-refractivity contribution < 1.29 is 19.1 Å². The smallest absolute Gasteiger partial charge is 0.409 e. The Morgan fingerprint density at radius 2 is 1.71 bits per heavy atom. The SMILES string of the molecule is CCCCc1ccc(C(=O)OC(C)COC(=O)N(CC)CC)cc1. The van der Waals surface area contributed by atoms with Gasteiger partial charge in [-0.05, 0) is 51.3 Å². The van der Waals surface area contributed by atoms with Crippen molar-refractivity contribution in [3.05, 3.63) is 35.4 Å². The van der Waals surface area contributed by atoms with E-state index in [-0.39, 0.29) is 12.7 Å². The quantitative estimate of drug-likeness (QED) is 0.639. The van der Waals surface area contributed by atoms with E-state index in [9.17, 15) is 9.59 Å². The third kappa shape index (κ3) is 6.60. The molecule has 5 nitrogen and oxygen atoms in total. The average molecular weight is 335 g/mol. The van der Waals surface area contributed by atoms with E-state index in [0.29, 0.717) is 18.7 Å². The highest BCUT2D eigenvalue weighted by atomic mass is 16.6. The Morgan fingerprint density at radius 1 is 1.08 bits per heavy atom. The van der Waals surface area contributed by atoms with Crippen molar-refractivity contribution in [1.29, 1.82) is 0 Å². The summed E-state index contributed by atoms with van der Waals surface area (Å²) in [5.74, 6) is -0.400. The lowest BCUT2D eigenvalue weighted by Crippen LogP contribution is -2.33. The fraction of sp³-hybridized carbons (Fsp3) is 0.579. The molecule has 24 heavy (non-hydrogen) atoms. The molecule has 1 atom stereocenters. The molecule has 0 aromatic heterocycles. The molecule has 0 heterocycles. The van der Waals surface area contributed by atoms with Crippen LogP contribution in [0.2, 0.25) is 0 Å². The van der Waals surface area contributed by atoms with Gasteiger partial charge in [-0.25, -0.2) is 9.59 Å². The second kappa shape index (κ2) is 10.7. The van der Waals surface area contributed by atoms with Gasteiger partial charge in [-0.1, -0.05) is 25.5 Å². The molecule has 0 spiro atoms. The summed E-state index contributed by atoms with van der Waals surface area (Å²) in [5, 5.41) is 0. The zero-order valence-corrected chi connectivity index (χ0v) is 15.2. The summed E-state index contributed by atoms with van der Waals surface area (Å²) in [5.41, 5.74) is 1.73. The van der Waals surface area contributed by atoms with Gasteiger partial charge in [0, 0.05) is 13.1 Å². The van der Waals surface area contributed by atoms with Crippen LogP contribution in [0.15, 0.2) is 24.3 Å². The second-order valence-corrected chi connectivity index (χ2v) is 5.77. The summed E-state index contributed by atoms with van der Waals surface area (Å²) < 4.78 is 10.5. The first kappa shape index (κ1) is 20.0. The molecular weight excluding hydrogens is 306 g/mol. The number of benzene rings is 1. The lowest BCUT2D eigenvalue weighted by Gasteiger charge is -2.20. The first-order valence-electron chi connectivity index (χ1n) is 8.73. The van der Waals surface area contributed by atoms with Gasteiger partial charge in [0.25, 0.3) is 0 Å². The predicted molar refractivity (Wildman–Crippen MR) is 94.2 cm³/mol. The first-order chi connectivity index (χ1) is 11.5. The molecule has 1 aromatic carbocycles. The standard InChI is InChI=1S/C19H29NO4/c1-5-8-9-16-10-12-17(13-11-16)18(21)24-15(4)14-23-19(22)20(6-2)7-3/h10-13,15H,5-9,14H2,1-4H3. The van der Waals surface area contributed by atoms with E-state index < -0.39 is 12.1 Å². The molecule has 0 bridgehead atoms. The molecule has 1 unspecified atom stereocenters. The zero-order valence-electron chi connectivity index (χ0n) is 15.2. The van der Waals surface area contributed by atoms with Crippen LogP contribution < -0.4 is 0 Å². The minimum atomic E-state index is -0.489.